The summed E-state index contributed by atoms with van der Waals surface area (Å²) in [6, 6.07) is 8.12. The summed E-state index contributed by atoms with van der Waals surface area (Å²) in [5.41, 5.74) is 1.58. The molecule has 3 rings (SSSR count). The van der Waals surface area contributed by atoms with Crippen LogP contribution in [0.15, 0.2) is 35.4 Å². The van der Waals surface area contributed by atoms with E-state index in [9.17, 15) is 9.59 Å². The molecule has 0 aliphatic heterocycles. The lowest BCUT2D eigenvalue weighted by atomic mass is 10.1. The number of ether oxygens (including phenoxy) is 1. The zero-order chi connectivity index (χ0) is 17.1. The Labute approximate surface area is 136 Å². The van der Waals surface area contributed by atoms with Crippen LogP contribution in [0.4, 0.5) is 0 Å². The Hall–Kier alpha value is -3.47. The Kier molecular flexibility index (Phi) is 4.07. The van der Waals surface area contributed by atoms with Gasteiger partial charge in [0, 0.05) is 12.0 Å². The highest BCUT2D eigenvalue weighted by atomic mass is 16.5. The highest BCUT2D eigenvalue weighted by molar-refractivity contribution is 5.89. The second-order valence-electron chi connectivity index (χ2n) is 5.08. The molecule has 0 atom stereocenters. The summed E-state index contributed by atoms with van der Waals surface area (Å²) < 4.78 is 6.43. The fourth-order valence-electron chi connectivity index (χ4n) is 2.29. The third-order valence-corrected chi connectivity index (χ3v) is 3.57. The first-order valence-corrected chi connectivity index (χ1v) is 7.19. The van der Waals surface area contributed by atoms with E-state index in [1.165, 1.54) is 23.0 Å². The van der Waals surface area contributed by atoms with Gasteiger partial charge in [-0.3, -0.25) is 9.89 Å². The first-order chi connectivity index (χ1) is 11.6. The average Bonchev–Trinajstić information content (AvgIpc) is 3.06. The van der Waals surface area contributed by atoms with Gasteiger partial charge in [-0.05, 0) is 31.2 Å². The molecular formula is C16H13N5O3. The molecule has 0 bridgehead atoms. The van der Waals surface area contributed by atoms with Crippen LogP contribution in [0.2, 0.25) is 0 Å². The molecule has 1 aromatic carbocycles. The quantitative estimate of drug-likeness (QED) is 0.717. The van der Waals surface area contributed by atoms with Crippen LogP contribution >= 0.6 is 0 Å². The molecule has 2 heterocycles. The minimum atomic E-state index is -0.507. The third kappa shape index (κ3) is 2.87. The van der Waals surface area contributed by atoms with E-state index in [4.69, 9.17) is 10.00 Å². The number of hydrogen-bond acceptors (Lipinski definition) is 6. The standard InChI is InChI=1S/C16H13N5O3/c1-10-13(14(22)21-16(20-10)18-9-19-21)6-7-24-15(23)12-4-2-11(8-17)3-5-12/h2-5,9H,6-7H2,1H3,(H,18,19,20). The van der Waals surface area contributed by atoms with Gasteiger partial charge in [0.25, 0.3) is 11.3 Å². The van der Waals surface area contributed by atoms with E-state index in [0.717, 1.165) is 0 Å². The Balaban J connectivity index is 1.69. The van der Waals surface area contributed by atoms with Gasteiger partial charge in [0.05, 0.1) is 29.5 Å². The second-order valence-corrected chi connectivity index (χ2v) is 5.08. The maximum atomic E-state index is 12.3. The summed E-state index contributed by atoms with van der Waals surface area (Å²) in [7, 11) is 0. The number of nitrogens with zero attached hydrogens (tertiary/aromatic N) is 4. The molecule has 8 nitrogen and oxygen atoms in total. The van der Waals surface area contributed by atoms with Gasteiger partial charge < -0.3 is 4.74 Å². The van der Waals surface area contributed by atoms with E-state index in [1.807, 2.05) is 6.07 Å². The van der Waals surface area contributed by atoms with E-state index >= 15 is 0 Å². The number of aromatic amines is 1. The third-order valence-electron chi connectivity index (χ3n) is 3.57. The van der Waals surface area contributed by atoms with Crippen LogP contribution in [0.1, 0.15) is 27.2 Å². The Morgan fingerprint density at radius 3 is 2.83 bits per heavy atom. The van der Waals surface area contributed by atoms with Crippen molar-refractivity contribution in [2.24, 2.45) is 0 Å². The van der Waals surface area contributed by atoms with Crippen LogP contribution in [0, 0.1) is 18.3 Å². The number of fused-ring (bicyclic) bond motifs is 1. The fourth-order valence-corrected chi connectivity index (χ4v) is 2.29. The molecule has 120 valence electrons. The summed E-state index contributed by atoms with van der Waals surface area (Å²) in [4.78, 5) is 32.4. The van der Waals surface area contributed by atoms with E-state index in [0.29, 0.717) is 28.2 Å². The first-order valence-electron chi connectivity index (χ1n) is 7.19. The largest absolute Gasteiger partial charge is 0.462 e. The number of hydrogen-bond donors (Lipinski definition) is 1. The summed E-state index contributed by atoms with van der Waals surface area (Å²) in [5.74, 6) is -0.205. The molecule has 0 saturated heterocycles. The molecule has 0 fully saturated rings. The molecule has 8 heteroatoms. The van der Waals surface area contributed by atoms with Crippen LogP contribution < -0.4 is 5.56 Å². The van der Waals surface area contributed by atoms with Crippen LogP contribution in [-0.2, 0) is 11.2 Å². The number of esters is 1. The van der Waals surface area contributed by atoms with Gasteiger partial charge in [-0.15, -0.1) is 0 Å². The van der Waals surface area contributed by atoms with Crippen molar-refractivity contribution in [2.45, 2.75) is 13.3 Å². The number of carbonyl (C=O) groups is 1. The summed E-state index contributed by atoms with van der Waals surface area (Å²) in [6.07, 6.45) is 1.64. The van der Waals surface area contributed by atoms with Gasteiger partial charge in [0.15, 0.2) is 0 Å². The normalized spacial score (nSPS) is 10.5. The lowest BCUT2D eigenvalue weighted by molar-refractivity contribution is 0.0508. The highest BCUT2D eigenvalue weighted by Crippen LogP contribution is 2.07. The van der Waals surface area contributed by atoms with E-state index in [1.54, 1.807) is 19.1 Å². The average molecular weight is 323 g/mol. The summed E-state index contributed by atoms with van der Waals surface area (Å²) in [5, 5.41) is 11.4. The first kappa shape index (κ1) is 15.4. The molecule has 24 heavy (non-hydrogen) atoms. The van der Waals surface area contributed by atoms with Gasteiger partial charge in [0.1, 0.15) is 6.33 Å². The number of nitriles is 1. The predicted octanol–water partition coefficient (Wildman–Crippen LogP) is 0.997. The van der Waals surface area contributed by atoms with Crippen molar-refractivity contribution in [3.05, 3.63) is 63.3 Å². The minimum Gasteiger partial charge on any atom is -0.462 e. The van der Waals surface area contributed by atoms with E-state index in [2.05, 4.69) is 15.1 Å². The number of aryl methyl sites for hydroxylation is 1. The molecule has 0 aliphatic rings. The molecule has 0 aliphatic carbocycles. The van der Waals surface area contributed by atoms with Crippen LogP contribution in [0.25, 0.3) is 5.78 Å². The van der Waals surface area contributed by atoms with Crippen LogP contribution in [0.3, 0.4) is 0 Å². The fraction of sp³-hybridized carbons (Fsp3) is 0.188. The highest BCUT2D eigenvalue weighted by Gasteiger charge is 2.13. The van der Waals surface area contributed by atoms with Gasteiger partial charge >= 0.3 is 5.97 Å². The maximum absolute atomic E-state index is 12.3. The minimum absolute atomic E-state index is 0.0524. The van der Waals surface area contributed by atoms with Crippen molar-refractivity contribution in [1.29, 1.82) is 5.26 Å². The topological polar surface area (TPSA) is 113 Å². The molecule has 0 amide bonds. The number of rotatable bonds is 4. The maximum Gasteiger partial charge on any atom is 0.338 e. The number of H-pyrrole nitrogens is 1. The van der Waals surface area contributed by atoms with Crippen molar-refractivity contribution in [1.82, 2.24) is 19.6 Å². The smallest absolute Gasteiger partial charge is 0.338 e. The van der Waals surface area contributed by atoms with Crippen molar-refractivity contribution in [3.8, 4) is 6.07 Å². The molecular weight excluding hydrogens is 310 g/mol. The molecule has 0 spiro atoms. The van der Waals surface area contributed by atoms with Gasteiger partial charge in [0.2, 0.25) is 0 Å². The lowest BCUT2D eigenvalue weighted by Gasteiger charge is -2.07. The number of aromatic nitrogens is 4. The zero-order valence-corrected chi connectivity index (χ0v) is 12.8. The molecule has 0 unspecified atom stereocenters. The predicted molar refractivity (Wildman–Crippen MR) is 83.5 cm³/mol. The van der Waals surface area contributed by atoms with Gasteiger partial charge in [-0.25, -0.2) is 14.8 Å². The van der Waals surface area contributed by atoms with E-state index < -0.39 is 5.97 Å². The summed E-state index contributed by atoms with van der Waals surface area (Å²) in [6.45, 7) is 1.77. The van der Waals surface area contributed by atoms with Crippen LogP contribution in [0.5, 0.6) is 0 Å². The van der Waals surface area contributed by atoms with Crippen molar-refractivity contribution in [2.75, 3.05) is 6.61 Å². The van der Waals surface area contributed by atoms with Gasteiger partial charge in [-0.1, -0.05) is 0 Å². The Morgan fingerprint density at radius 1 is 1.38 bits per heavy atom. The number of carbonyl (C=O) groups excluding carboxylic acids is 1. The molecule has 0 saturated carbocycles. The second kappa shape index (κ2) is 6.34. The number of nitrogens with one attached hydrogen (secondary N) is 1. The molecule has 3 aromatic rings. The van der Waals surface area contributed by atoms with Crippen molar-refractivity contribution >= 4 is 11.7 Å². The number of benzene rings is 1. The Bertz CT molecular complexity index is 995. The molecule has 0 radical (unpaired) electrons. The molecule has 1 N–H and O–H groups in total. The summed E-state index contributed by atoms with van der Waals surface area (Å²) >= 11 is 0. The Morgan fingerprint density at radius 2 is 2.12 bits per heavy atom. The zero-order valence-electron chi connectivity index (χ0n) is 12.8. The molecule has 2 aromatic heterocycles. The van der Waals surface area contributed by atoms with Crippen molar-refractivity contribution < 1.29 is 9.53 Å². The van der Waals surface area contributed by atoms with Crippen LogP contribution in [-0.4, -0.2) is 32.2 Å². The lowest BCUT2D eigenvalue weighted by Crippen LogP contribution is -2.23. The van der Waals surface area contributed by atoms with Crippen molar-refractivity contribution in [3.63, 3.8) is 0 Å². The van der Waals surface area contributed by atoms with Gasteiger partial charge in [-0.2, -0.15) is 9.78 Å². The SMILES string of the molecule is Cc1nc2nc[nH]n2c(=O)c1CCOC(=O)c1ccc(C#N)cc1. The van der Waals surface area contributed by atoms with E-state index in [-0.39, 0.29) is 18.6 Å². The monoisotopic (exact) mass is 323 g/mol.